The van der Waals surface area contributed by atoms with E-state index in [2.05, 4.69) is 45.1 Å². The Morgan fingerprint density at radius 2 is 1.25 bits per heavy atom. The van der Waals surface area contributed by atoms with Gasteiger partial charge in [0.2, 0.25) is 0 Å². The van der Waals surface area contributed by atoms with Gasteiger partial charge in [0, 0.05) is 6.04 Å². The van der Waals surface area contributed by atoms with E-state index in [0.29, 0.717) is 6.04 Å². The third kappa shape index (κ3) is 19.5. The molecular weight excluding hydrogens is 290 g/mol. The molecule has 0 spiro atoms. The average Bonchev–Trinajstić information content (AvgIpc) is 2.56. The fraction of sp³-hybridized carbons (Fsp3) is 0.826. The van der Waals surface area contributed by atoms with Crippen LogP contribution in [0.25, 0.3) is 0 Å². The van der Waals surface area contributed by atoms with Crippen molar-refractivity contribution in [3.63, 3.8) is 0 Å². The Morgan fingerprint density at radius 3 is 1.88 bits per heavy atom. The Bertz CT molecular complexity index is 290. The van der Waals surface area contributed by atoms with Crippen LogP contribution in [-0.2, 0) is 0 Å². The smallest absolute Gasteiger partial charge is 0.00389 e. The van der Waals surface area contributed by atoms with Crippen LogP contribution in [0.3, 0.4) is 0 Å². The predicted octanol–water partition coefficient (Wildman–Crippen LogP) is 7.56. The maximum atomic E-state index is 6.16. The summed E-state index contributed by atoms with van der Waals surface area (Å²) in [7, 11) is 0. The van der Waals surface area contributed by atoms with Crippen LogP contribution in [0.2, 0.25) is 0 Å². The quantitative estimate of drug-likeness (QED) is 0.215. The summed E-state index contributed by atoms with van der Waals surface area (Å²) in [6, 6.07) is 0.436. The van der Waals surface area contributed by atoms with E-state index in [9.17, 15) is 0 Å². The van der Waals surface area contributed by atoms with Gasteiger partial charge in [0.15, 0.2) is 0 Å². The van der Waals surface area contributed by atoms with E-state index in [1.807, 2.05) is 0 Å². The Morgan fingerprint density at radius 1 is 0.667 bits per heavy atom. The van der Waals surface area contributed by atoms with Gasteiger partial charge >= 0.3 is 0 Å². The molecule has 0 aliphatic heterocycles. The molecule has 0 aromatic rings. The van der Waals surface area contributed by atoms with Crippen LogP contribution in [0.5, 0.6) is 0 Å². The molecule has 0 bridgehead atoms. The van der Waals surface area contributed by atoms with Crippen LogP contribution in [0.15, 0.2) is 24.3 Å². The summed E-state index contributed by atoms with van der Waals surface area (Å²) in [5.74, 6) is 0.792. The first-order valence-electron chi connectivity index (χ1n) is 10.7. The third-order valence-electron chi connectivity index (χ3n) is 4.64. The summed E-state index contributed by atoms with van der Waals surface area (Å²) in [6.07, 6.45) is 27.5. The molecular formula is C23H45N. The second-order valence-electron chi connectivity index (χ2n) is 7.75. The van der Waals surface area contributed by atoms with E-state index in [4.69, 9.17) is 5.73 Å². The van der Waals surface area contributed by atoms with Gasteiger partial charge in [-0.25, -0.2) is 0 Å². The van der Waals surface area contributed by atoms with Gasteiger partial charge in [-0.3, -0.25) is 0 Å². The maximum Gasteiger partial charge on any atom is 0.00389 e. The summed E-state index contributed by atoms with van der Waals surface area (Å²) >= 11 is 0. The monoisotopic (exact) mass is 335 g/mol. The van der Waals surface area contributed by atoms with Crippen molar-refractivity contribution in [2.45, 2.75) is 117 Å². The van der Waals surface area contributed by atoms with E-state index in [0.717, 1.165) is 12.3 Å². The molecule has 0 fully saturated rings. The molecule has 1 nitrogen and oxygen atoms in total. The van der Waals surface area contributed by atoms with Crippen molar-refractivity contribution in [2.75, 3.05) is 0 Å². The minimum atomic E-state index is 0.436. The number of unbranched alkanes of at least 4 members (excludes halogenated alkanes) is 8. The molecule has 0 saturated heterocycles. The number of allylic oxidation sites excluding steroid dienone is 4. The minimum absolute atomic E-state index is 0.436. The second-order valence-corrected chi connectivity index (χ2v) is 7.75. The van der Waals surface area contributed by atoms with Gasteiger partial charge in [0.1, 0.15) is 0 Å². The molecule has 1 unspecified atom stereocenters. The van der Waals surface area contributed by atoms with E-state index >= 15 is 0 Å². The minimum Gasteiger partial charge on any atom is -0.328 e. The van der Waals surface area contributed by atoms with Crippen LogP contribution in [0.1, 0.15) is 111 Å². The molecule has 0 aliphatic rings. The van der Waals surface area contributed by atoms with E-state index in [1.54, 1.807) is 0 Å². The highest BCUT2D eigenvalue weighted by Crippen LogP contribution is 2.12. The standard InChI is InChI=1S/C23H45N/c1-4-5-6-7-8-9-10-11-12-13-14-15-16-17-18-19-23(24)21-20-22(2)3/h8-9,11-12,22-23H,4-7,10,13-21,24H2,1-3H3/b9-8+,12-11+. The number of nitrogens with two attached hydrogens (primary N) is 1. The molecule has 0 amide bonds. The molecule has 0 radical (unpaired) electrons. The fourth-order valence-electron chi connectivity index (χ4n) is 2.91. The lowest BCUT2D eigenvalue weighted by Gasteiger charge is -2.12. The van der Waals surface area contributed by atoms with Crippen LogP contribution in [-0.4, -0.2) is 6.04 Å². The van der Waals surface area contributed by atoms with Crippen molar-refractivity contribution in [2.24, 2.45) is 11.7 Å². The highest BCUT2D eigenvalue weighted by molar-refractivity contribution is 4.92. The van der Waals surface area contributed by atoms with Gasteiger partial charge in [-0.15, -0.1) is 0 Å². The topological polar surface area (TPSA) is 26.0 Å². The molecule has 0 rings (SSSR count). The van der Waals surface area contributed by atoms with Crippen LogP contribution in [0.4, 0.5) is 0 Å². The highest BCUT2D eigenvalue weighted by atomic mass is 14.6. The van der Waals surface area contributed by atoms with Crippen LogP contribution < -0.4 is 5.73 Å². The molecule has 0 aromatic carbocycles. The molecule has 0 saturated carbocycles. The molecule has 0 aliphatic carbocycles. The zero-order valence-electron chi connectivity index (χ0n) is 16.9. The lowest BCUT2D eigenvalue weighted by Crippen LogP contribution is -2.20. The van der Waals surface area contributed by atoms with Gasteiger partial charge < -0.3 is 5.73 Å². The predicted molar refractivity (Wildman–Crippen MR) is 111 cm³/mol. The van der Waals surface area contributed by atoms with E-state index in [-0.39, 0.29) is 0 Å². The van der Waals surface area contributed by atoms with Crippen LogP contribution >= 0.6 is 0 Å². The Kier molecular flexibility index (Phi) is 18.3. The molecule has 0 aromatic heterocycles. The van der Waals surface area contributed by atoms with Gasteiger partial charge in [-0.2, -0.15) is 0 Å². The SMILES string of the molecule is CCCCC/C=C/C/C=C/CCCCCCCC(N)CCC(C)C. The Hall–Kier alpha value is -0.560. The second kappa shape index (κ2) is 18.8. The van der Waals surface area contributed by atoms with Crippen molar-refractivity contribution in [3.05, 3.63) is 24.3 Å². The molecule has 24 heavy (non-hydrogen) atoms. The van der Waals surface area contributed by atoms with Gasteiger partial charge in [0.05, 0.1) is 0 Å². The van der Waals surface area contributed by atoms with E-state index in [1.165, 1.54) is 83.5 Å². The zero-order chi connectivity index (χ0) is 17.9. The number of hydrogen-bond acceptors (Lipinski definition) is 1. The van der Waals surface area contributed by atoms with Crippen molar-refractivity contribution in [3.8, 4) is 0 Å². The molecule has 1 heteroatoms. The first kappa shape index (κ1) is 23.4. The normalized spacial score (nSPS) is 13.5. The van der Waals surface area contributed by atoms with Crippen molar-refractivity contribution in [1.82, 2.24) is 0 Å². The van der Waals surface area contributed by atoms with Crippen molar-refractivity contribution < 1.29 is 0 Å². The third-order valence-corrected chi connectivity index (χ3v) is 4.64. The van der Waals surface area contributed by atoms with Gasteiger partial charge in [-0.05, 0) is 57.3 Å². The summed E-state index contributed by atoms with van der Waals surface area (Å²) < 4.78 is 0. The fourth-order valence-corrected chi connectivity index (χ4v) is 2.91. The van der Waals surface area contributed by atoms with Crippen LogP contribution in [0, 0.1) is 5.92 Å². The first-order chi connectivity index (χ1) is 11.7. The Balaban J connectivity index is 3.25. The molecule has 1 atom stereocenters. The maximum absolute atomic E-state index is 6.16. The molecule has 142 valence electrons. The largest absolute Gasteiger partial charge is 0.328 e. The van der Waals surface area contributed by atoms with Gasteiger partial charge in [-0.1, -0.05) is 83.6 Å². The van der Waals surface area contributed by atoms with Crippen molar-refractivity contribution in [1.29, 1.82) is 0 Å². The zero-order valence-corrected chi connectivity index (χ0v) is 16.9. The van der Waals surface area contributed by atoms with Gasteiger partial charge in [0.25, 0.3) is 0 Å². The summed E-state index contributed by atoms with van der Waals surface area (Å²) in [6.45, 7) is 6.82. The average molecular weight is 336 g/mol. The molecule has 2 N–H and O–H groups in total. The lowest BCUT2D eigenvalue weighted by molar-refractivity contribution is 0.459. The van der Waals surface area contributed by atoms with Crippen molar-refractivity contribution >= 4 is 0 Å². The summed E-state index contributed by atoms with van der Waals surface area (Å²) in [5, 5.41) is 0. The Labute approximate surface area is 153 Å². The highest BCUT2D eigenvalue weighted by Gasteiger charge is 2.03. The number of rotatable bonds is 17. The first-order valence-corrected chi connectivity index (χ1v) is 10.7. The number of hydrogen-bond donors (Lipinski definition) is 1. The lowest BCUT2D eigenvalue weighted by atomic mass is 9.99. The van der Waals surface area contributed by atoms with E-state index < -0.39 is 0 Å². The summed E-state index contributed by atoms with van der Waals surface area (Å²) in [4.78, 5) is 0. The summed E-state index contributed by atoms with van der Waals surface area (Å²) in [5.41, 5.74) is 6.16. The molecule has 0 heterocycles.